The number of pyridine rings is 1. The molecule has 0 spiro atoms. The molecule has 1 fully saturated rings. The minimum Gasteiger partial charge on any atom is -0.296 e. The molecule has 1 aliphatic rings. The first-order valence-corrected chi connectivity index (χ1v) is 6.04. The van der Waals surface area contributed by atoms with Crippen molar-refractivity contribution in [3.8, 4) is 0 Å². The van der Waals surface area contributed by atoms with Crippen molar-refractivity contribution in [1.82, 2.24) is 9.88 Å². The van der Waals surface area contributed by atoms with E-state index in [0.717, 1.165) is 0 Å². The predicted molar refractivity (Wildman–Crippen MR) is 63.1 cm³/mol. The van der Waals surface area contributed by atoms with Gasteiger partial charge in [0.25, 0.3) is 0 Å². The normalized spacial score (nSPS) is 22.1. The van der Waals surface area contributed by atoms with Gasteiger partial charge in [-0.3, -0.25) is 4.90 Å². The molecule has 2 heterocycles. The third-order valence-corrected chi connectivity index (χ3v) is 3.23. The lowest BCUT2D eigenvalue weighted by atomic mass is 10.1. The average molecular weight is 225 g/mol. The number of halogens is 1. The molecule has 1 aromatic rings. The van der Waals surface area contributed by atoms with Gasteiger partial charge in [-0.15, -0.1) is 0 Å². The van der Waals surface area contributed by atoms with Crippen LogP contribution in [0.5, 0.6) is 0 Å². The monoisotopic (exact) mass is 224 g/mol. The molecule has 1 aliphatic heterocycles. The zero-order chi connectivity index (χ0) is 10.7. The van der Waals surface area contributed by atoms with Crippen molar-refractivity contribution in [2.45, 2.75) is 32.2 Å². The molecule has 0 aromatic carbocycles. The molecule has 0 bridgehead atoms. The van der Waals surface area contributed by atoms with E-state index in [4.69, 9.17) is 11.6 Å². The molecule has 82 valence electrons. The highest BCUT2D eigenvalue weighted by Gasteiger charge is 2.24. The van der Waals surface area contributed by atoms with Crippen LogP contribution < -0.4 is 0 Å². The third kappa shape index (κ3) is 2.50. The molecule has 0 saturated carbocycles. The smallest absolute Gasteiger partial charge is 0.129 e. The van der Waals surface area contributed by atoms with E-state index in [2.05, 4.69) is 22.9 Å². The van der Waals surface area contributed by atoms with Gasteiger partial charge < -0.3 is 0 Å². The predicted octanol–water partition coefficient (Wildman–Crippen LogP) is 3.28. The Balaban J connectivity index is 2.11. The Labute approximate surface area is 96.3 Å². The SMILES string of the molecule is CCCN1CCC[C@@H]1c1ccc(Cl)nc1. The summed E-state index contributed by atoms with van der Waals surface area (Å²) in [6.07, 6.45) is 5.69. The lowest BCUT2D eigenvalue weighted by Gasteiger charge is -2.23. The van der Waals surface area contributed by atoms with E-state index in [1.807, 2.05) is 12.3 Å². The van der Waals surface area contributed by atoms with Gasteiger partial charge in [0.2, 0.25) is 0 Å². The summed E-state index contributed by atoms with van der Waals surface area (Å²) >= 11 is 5.79. The standard InChI is InChI=1S/C12H17ClN2/c1-2-7-15-8-3-4-11(15)10-5-6-12(13)14-9-10/h5-6,9,11H,2-4,7-8H2,1H3/t11-/m1/s1. The summed E-state index contributed by atoms with van der Waals surface area (Å²) < 4.78 is 0. The molecule has 0 amide bonds. The van der Waals surface area contributed by atoms with Crippen molar-refractivity contribution in [3.05, 3.63) is 29.0 Å². The Hall–Kier alpha value is -0.600. The van der Waals surface area contributed by atoms with Gasteiger partial charge in [0.1, 0.15) is 5.15 Å². The minimum absolute atomic E-state index is 0.565. The Bertz CT molecular complexity index is 310. The molecule has 2 nitrogen and oxygen atoms in total. The van der Waals surface area contributed by atoms with Crippen LogP contribution in [-0.4, -0.2) is 23.0 Å². The van der Waals surface area contributed by atoms with Crippen LogP contribution in [0.4, 0.5) is 0 Å². The van der Waals surface area contributed by atoms with E-state index >= 15 is 0 Å². The summed E-state index contributed by atoms with van der Waals surface area (Å²) in [6, 6.07) is 4.56. The molecular formula is C12H17ClN2. The van der Waals surface area contributed by atoms with Crippen molar-refractivity contribution < 1.29 is 0 Å². The zero-order valence-electron chi connectivity index (χ0n) is 9.12. The van der Waals surface area contributed by atoms with Crippen LogP contribution in [0.1, 0.15) is 37.8 Å². The van der Waals surface area contributed by atoms with E-state index < -0.39 is 0 Å². The van der Waals surface area contributed by atoms with Crippen LogP contribution in [0.2, 0.25) is 5.15 Å². The first-order valence-electron chi connectivity index (χ1n) is 5.66. The fraction of sp³-hybridized carbons (Fsp3) is 0.583. The Kier molecular flexibility index (Phi) is 3.60. The summed E-state index contributed by atoms with van der Waals surface area (Å²) in [5.74, 6) is 0. The molecule has 0 aliphatic carbocycles. The molecular weight excluding hydrogens is 208 g/mol. The molecule has 15 heavy (non-hydrogen) atoms. The Morgan fingerprint density at radius 1 is 1.53 bits per heavy atom. The van der Waals surface area contributed by atoms with Gasteiger partial charge in [0.15, 0.2) is 0 Å². The molecule has 0 N–H and O–H groups in total. The highest BCUT2D eigenvalue weighted by atomic mass is 35.5. The van der Waals surface area contributed by atoms with E-state index in [0.29, 0.717) is 11.2 Å². The maximum absolute atomic E-state index is 5.79. The van der Waals surface area contributed by atoms with E-state index in [1.165, 1.54) is 37.9 Å². The third-order valence-electron chi connectivity index (χ3n) is 3.01. The van der Waals surface area contributed by atoms with E-state index in [1.54, 1.807) is 0 Å². The topological polar surface area (TPSA) is 16.1 Å². The number of hydrogen-bond acceptors (Lipinski definition) is 2. The fourth-order valence-corrected chi connectivity index (χ4v) is 2.45. The average Bonchev–Trinajstić information content (AvgIpc) is 2.68. The Morgan fingerprint density at radius 3 is 3.07 bits per heavy atom. The van der Waals surface area contributed by atoms with Crippen molar-refractivity contribution in [2.75, 3.05) is 13.1 Å². The first kappa shape index (κ1) is 10.9. The van der Waals surface area contributed by atoms with Gasteiger partial charge in [-0.1, -0.05) is 24.6 Å². The van der Waals surface area contributed by atoms with Gasteiger partial charge in [-0.25, -0.2) is 4.98 Å². The van der Waals surface area contributed by atoms with E-state index in [9.17, 15) is 0 Å². The zero-order valence-corrected chi connectivity index (χ0v) is 9.87. The van der Waals surface area contributed by atoms with E-state index in [-0.39, 0.29) is 0 Å². The number of rotatable bonds is 3. The second kappa shape index (κ2) is 4.95. The van der Waals surface area contributed by atoms with Gasteiger partial charge in [0.05, 0.1) is 0 Å². The van der Waals surface area contributed by atoms with Crippen LogP contribution >= 0.6 is 11.6 Å². The fourth-order valence-electron chi connectivity index (χ4n) is 2.34. The van der Waals surface area contributed by atoms with Crippen molar-refractivity contribution in [1.29, 1.82) is 0 Å². The molecule has 1 atom stereocenters. The number of likely N-dealkylation sites (tertiary alicyclic amines) is 1. The number of aromatic nitrogens is 1. The summed E-state index contributed by atoms with van der Waals surface area (Å²) in [7, 11) is 0. The maximum atomic E-state index is 5.79. The largest absolute Gasteiger partial charge is 0.296 e. The van der Waals surface area contributed by atoms with Crippen LogP contribution in [0.3, 0.4) is 0 Å². The van der Waals surface area contributed by atoms with Crippen LogP contribution in [0.15, 0.2) is 18.3 Å². The van der Waals surface area contributed by atoms with Crippen molar-refractivity contribution in [3.63, 3.8) is 0 Å². The van der Waals surface area contributed by atoms with Gasteiger partial charge in [0, 0.05) is 12.2 Å². The molecule has 1 saturated heterocycles. The van der Waals surface area contributed by atoms with Crippen molar-refractivity contribution in [2.24, 2.45) is 0 Å². The minimum atomic E-state index is 0.565. The summed E-state index contributed by atoms with van der Waals surface area (Å²) in [4.78, 5) is 6.70. The van der Waals surface area contributed by atoms with Crippen LogP contribution in [0.25, 0.3) is 0 Å². The molecule has 2 rings (SSSR count). The maximum Gasteiger partial charge on any atom is 0.129 e. The molecule has 1 aromatic heterocycles. The number of hydrogen-bond donors (Lipinski definition) is 0. The van der Waals surface area contributed by atoms with Crippen molar-refractivity contribution >= 4 is 11.6 Å². The van der Waals surface area contributed by atoms with Gasteiger partial charge in [-0.2, -0.15) is 0 Å². The lowest BCUT2D eigenvalue weighted by Crippen LogP contribution is -2.23. The highest BCUT2D eigenvalue weighted by molar-refractivity contribution is 6.29. The highest BCUT2D eigenvalue weighted by Crippen LogP contribution is 2.31. The second-order valence-electron chi connectivity index (χ2n) is 4.11. The van der Waals surface area contributed by atoms with Crippen LogP contribution in [0, 0.1) is 0 Å². The molecule has 0 radical (unpaired) electrons. The number of nitrogens with zero attached hydrogens (tertiary/aromatic N) is 2. The van der Waals surface area contributed by atoms with Crippen LogP contribution in [-0.2, 0) is 0 Å². The molecule has 0 unspecified atom stereocenters. The first-order chi connectivity index (χ1) is 7.31. The second-order valence-corrected chi connectivity index (χ2v) is 4.50. The summed E-state index contributed by atoms with van der Waals surface area (Å²) in [6.45, 7) is 4.64. The van der Waals surface area contributed by atoms with Gasteiger partial charge >= 0.3 is 0 Å². The summed E-state index contributed by atoms with van der Waals surface area (Å²) in [5, 5.41) is 0.582. The Morgan fingerprint density at radius 2 is 2.40 bits per heavy atom. The quantitative estimate of drug-likeness (QED) is 0.733. The lowest BCUT2D eigenvalue weighted by molar-refractivity contribution is 0.257. The molecule has 3 heteroatoms. The van der Waals surface area contributed by atoms with Gasteiger partial charge in [-0.05, 0) is 44.0 Å². The summed E-state index contributed by atoms with van der Waals surface area (Å²) in [5.41, 5.74) is 1.31.